The first-order chi connectivity index (χ1) is 15.8. The molecular formula is C27H27Cl2NO3. The van der Waals surface area contributed by atoms with Gasteiger partial charge in [-0.3, -0.25) is 4.79 Å². The molecule has 0 fully saturated rings. The highest BCUT2D eigenvalue weighted by Crippen LogP contribution is 2.46. The van der Waals surface area contributed by atoms with Gasteiger partial charge in [-0.15, -0.1) is 0 Å². The number of ether oxygens (including phenoxy) is 1. The van der Waals surface area contributed by atoms with Crippen LogP contribution < -0.4 is 5.32 Å². The molecule has 0 saturated heterocycles. The van der Waals surface area contributed by atoms with Crippen LogP contribution in [-0.4, -0.2) is 17.9 Å². The van der Waals surface area contributed by atoms with E-state index in [1.807, 2.05) is 45.0 Å². The Morgan fingerprint density at radius 1 is 1.09 bits per heavy atom. The van der Waals surface area contributed by atoms with Crippen molar-refractivity contribution < 1.29 is 14.3 Å². The van der Waals surface area contributed by atoms with E-state index in [2.05, 4.69) is 17.4 Å². The summed E-state index contributed by atoms with van der Waals surface area (Å²) in [5.41, 5.74) is 4.49. The molecule has 1 heterocycles. The number of allylic oxidation sites excluding steroid dienone is 3. The van der Waals surface area contributed by atoms with Gasteiger partial charge in [0, 0.05) is 29.3 Å². The number of esters is 1. The van der Waals surface area contributed by atoms with E-state index in [1.54, 1.807) is 12.1 Å². The zero-order valence-corrected chi connectivity index (χ0v) is 20.5. The molecule has 33 heavy (non-hydrogen) atoms. The minimum absolute atomic E-state index is 0.0232. The number of ketones is 1. The molecule has 4 nitrogen and oxygen atoms in total. The van der Waals surface area contributed by atoms with E-state index in [0.717, 1.165) is 16.8 Å². The predicted octanol–water partition coefficient (Wildman–Crippen LogP) is 6.70. The Labute approximate surface area is 204 Å². The lowest BCUT2D eigenvalue weighted by molar-refractivity contribution is -0.144. The number of rotatable bonds is 5. The summed E-state index contributed by atoms with van der Waals surface area (Å²) in [6.45, 7) is 5.68. The summed E-state index contributed by atoms with van der Waals surface area (Å²) in [5, 5.41) is 4.18. The third-order valence-electron chi connectivity index (χ3n) is 6.48. The molecule has 0 aromatic heterocycles. The van der Waals surface area contributed by atoms with Gasteiger partial charge in [0.05, 0.1) is 21.7 Å². The van der Waals surface area contributed by atoms with Gasteiger partial charge in [-0.05, 0) is 55.9 Å². The maximum absolute atomic E-state index is 13.6. The second kappa shape index (κ2) is 9.74. The summed E-state index contributed by atoms with van der Waals surface area (Å²) >= 11 is 12.5. The number of benzene rings is 2. The SMILES string of the molecule is CCC(C)OC(=O)C1=C(C)NC2=C(C(=O)CC(c3ccccc3)C2)C1c1ccc(Cl)c(Cl)c1. The number of carbonyl (C=O) groups is 2. The van der Waals surface area contributed by atoms with Crippen LogP contribution in [0.4, 0.5) is 0 Å². The monoisotopic (exact) mass is 483 g/mol. The summed E-state index contributed by atoms with van der Waals surface area (Å²) < 4.78 is 5.69. The van der Waals surface area contributed by atoms with Crippen molar-refractivity contribution in [3.63, 3.8) is 0 Å². The van der Waals surface area contributed by atoms with Gasteiger partial charge in [-0.2, -0.15) is 0 Å². The number of halogens is 2. The summed E-state index contributed by atoms with van der Waals surface area (Å²) in [6, 6.07) is 15.3. The number of nitrogens with one attached hydrogen (secondary N) is 1. The van der Waals surface area contributed by atoms with Crippen molar-refractivity contribution in [2.45, 2.75) is 58.0 Å². The van der Waals surface area contributed by atoms with E-state index >= 15 is 0 Å². The number of Topliss-reactive ketones (excluding diaryl/α,β-unsaturated/α-hetero) is 1. The fourth-order valence-electron chi connectivity index (χ4n) is 4.63. The molecule has 3 unspecified atom stereocenters. The molecule has 0 radical (unpaired) electrons. The molecule has 1 aliphatic carbocycles. The average Bonchev–Trinajstić information content (AvgIpc) is 2.80. The standard InChI is InChI=1S/C27H27Cl2NO3/c1-4-15(2)33-27(32)24-16(3)30-22-13-19(17-8-6-5-7-9-17)14-23(31)26(22)25(24)18-10-11-20(28)21(29)12-18/h5-12,15,19,25,30H,4,13-14H2,1-3H3. The number of hydrogen-bond acceptors (Lipinski definition) is 4. The van der Waals surface area contributed by atoms with Crippen molar-refractivity contribution in [3.8, 4) is 0 Å². The third kappa shape index (κ3) is 4.73. The van der Waals surface area contributed by atoms with Crippen molar-refractivity contribution in [3.05, 3.63) is 92.2 Å². The first-order valence-electron chi connectivity index (χ1n) is 11.2. The molecule has 2 aromatic rings. The van der Waals surface area contributed by atoms with Crippen molar-refractivity contribution in [2.75, 3.05) is 0 Å². The average molecular weight is 484 g/mol. The Bertz CT molecular complexity index is 1150. The van der Waals surface area contributed by atoms with E-state index in [1.165, 1.54) is 0 Å². The van der Waals surface area contributed by atoms with Crippen LogP contribution in [0, 0.1) is 0 Å². The van der Waals surface area contributed by atoms with E-state index in [9.17, 15) is 9.59 Å². The fraction of sp³-hybridized carbons (Fsp3) is 0.333. The molecule has 0 spiro atoms. The van der Waals surface area contributed by atoms with Crippen molar-refractivity contribution >= 4 is 35.0 Å². The summed E-state index contributed by atoms with van der Waals surface area (Å²) in [6.07, 6.45) is 1.55. The lowest BCUT2D eigenvalue weighted by Crippen LogP contribution is -2.36. The zero-order chi connectivity index (χ0) is 23.7. The largest absolute Gasteiger partial charge is 0.459 e. The van der Waals surface area contributed by atoms with E-state index in [4.69, 9.17) is 27.9 Å². The molecule has 1 N–H and O–H groups in total. The molecule has 172 valence electrons. The Kier molecular flexibility index (Phi) is 6.96. The van der Waals surface area contributed by atoms with Gasteiger partial charge in [0.15, 0.2) is 5.78 Å². The van der Waals surface area contributed by atoms with Crippen LogP contribution in [0.1, 0.15) is 63.0 Å². The first-order valence-corrected chi connectivity index (χ1v) is 12.0. The van der Waals surface area contributed by atoms with Gasteiger partial charge >= 0.3 is 5.97 Å². The number of carbonyl (C=O) groups excluding carboxylic acids is 2. The van der Waals surface area contributed by atoms with Crippen LogP contribution in [0.5, 0.6) is 0 Å². The van der Waals surface area contributed by atoms with Gasteiger partial charge in [0.25, 0.3) is 0 Å². The van der Waals surface area contributed by atoms with Gasteiger partial charge in [-0.25, -0.2) is 4.79 Å². The molecule has 4 rings (SSSR count). The molecule has 6 heteroatoms. The van der Waals surface area contributed by atoms with E-state index in [-0.39, 0.29) is 17.8 Å². The molecule has 2 aliphatic rings. The zero-order valence-electron chi connectivity index (χ0n) is 19.0. The topological polar surface area (TPSA) is 55.4 Å². The second-order valence-corrected chi connectivity index (χ2v) is 9.54. The van der Waals surface area contributed by atoms with Gasteiger partial charge in [0.1, 0.15) is 0 Å². The van der Waals surface area contributed by atoms with Crippen molar-refractivity contribution in [1.29, 1.82) is 0 Å². The second-order valence-electron chi connectivity index (χ2n) is 8.73. The van der Waals surface area contributed by atoms with Crippen molar-refractivity contribution in [2.24, 2.45) is 0 Å². The maximum atomic E-state index is 13.6. The molecule has 0 amide bonds. The van der Waals surface area contributed by atoms with Crippen LogP contribution in [0.15, 0.2) is 71.1 Å². The Morgan fingerprint density at radius 3 is 2.48 bits per heavy atom. The van der Waals surface area contributed by atoms with Gasteiger partial charge in [-0.1, -0.05) is 66.5 Å². The van der Waals surface area contributed by atoms with E-state index in [0.29, 0.717) is 46.2 Å². The first kappa shape index (κ1) is 23.6. The molecule has 2 aromatic carbocycles. The highest BCUT2D eigenvalue weighted by molar-refractivity contribution is 6.42. The predicted molar refractivity (Wildman–Crippen MR) is 131 cm³/mol. The lowest BCUT2D eigenvalue weighted by Gasteiger charge is -2.37. The Balaban J connectivity index is 1.80. The van der Waals surface area contributed by atoms with Crippen LogP contribution in [0.3, 0.4) is 0 Å². The fourth-order valence-corrected chi connectivity index (χ4v) is 4.93. The molecule has 3 atom stereocenters. The highest BCUT2D eigenvalue weighted by Gasteiger charge is 2.41. The van der Waals surface area contributed by atoms with E-state index < -0.39 is 11.9 Å². The molecule has 1 aliphatic heterocycles. The van der Waals surface area contributed by atoms with Crippen LogP contribution >= 0.6 is 23.2 Å². The van der Waals surface area contributed by atoms with Crippen LogP contribution in [-0.2, 0) is 14.3 Å². The molecular weight excluding hydrogens is 457 g/mol. The van der Waals surface area contributed by atoms with Gasteiger partial charge < -0.3 is 10.1 Å². The minimum atomic E-state index is -0.559. The molecule has 0 saturated carbocycles. The van der Waals surface area contributed by atoms with Crippen molar-refractivity contribution in [1.82, 2.24) is 5.32 Å². The molecule has 0 bridgehead atoms. The quantitative estimate of drug-likeness (QED) is 0.480. The van der Waals surface area contributed by atoms with Crippen LogP contribution in [0.25, 0.3) is 0 Å². The number of dihydropyridines is 1. The highest BCUT2D eigenvalue weighted by atomic mass is 35.5. The normalized spacial score (nSPS) is 21.4. The smallest absolute Gasteiger partial charge is 0.337 e. The minimum Gasteiger partial charge on any atom is -0.459 e. The van der Waals surface area contributed by atoms with Crippen LogP contribution in [0.2, 0.25) is 10.0 Å². The Morgan fingerprint density at radius 2 is 1.82 bits per heavy atom. The summed E-state index contributed by atoms with van der Waals surface area (Å²) in [4.78, 5) is 26.8. The Hall–Kier alpha value is -2.56. The summed E-state index contributed by atoms with van der Waals surface area (Å²) in [7, 11) is 0. The maximum Gasteiger partial charge on any atom is 0.337 e. The number of hydrogen-bond donors (Lipinski definition) is 1. The third-order valence-corrected chi connectivity index (χ3v) is 7.22. The summed E-state index contributed by atoms with van der Waals surface area (Å²) in [5.74, 6) is -0.873. The van der Waals surface area contributed by atoms with Gasteiger partial charge in [0.2, 0.25) is 0 Å². The lowest BCUT2D eigenvalue weighted by atomic mass is 9.72.